The Hall–Kier alpha value is -4.07. The lowest BCUT2D eigenvalue weighted by Crippen LogP contribution is -2.74. The third kappa shape index (κ3) is 3.96. The van der Waals surface area contributed by atoms with E-state index in [4.69, 9.17) is 20.1 Å². The van der Waals surface area contributed by atoms with Gasteiger partial charge in [0, 0.05) is 67.0 Å². The van der Waals surface area contributed by atoms with Crippen molar-refractivity contribution >= 4 is 22.4 Å². The summed E-state index contributed by atoms with van der Waals surface area (Å²) in [6.45, 7) is 4.12. The fourth-order valence-corrected chi connectivity index (χ4v) is 11.1. The Balaban J connectivity index is 0.000000168. The summed E-state index contributed by atoms with van der Waals surface area (Å²) in [5, 5.41) is 26.1. The average Bonchev–Trinajstić information content (AvgIpc) is 3.55. The zero-order valence-corrected chi connectivity index (χ0v) is 28.7. The average molecular weight is 711 g/mol. The highest BCUT2D eigenvalue weighted by atomic mass is 19.1. The Morgan fingerprint density at radius 1 is 0.981 bits per heavy atom. The molecule has 3 aromatic carbocycles. The molecular formula is C40H40F2N4O6. The lowest BCUT2D eigenvalue weighted by atomic mass is 9.49. The Labute approximate surface area is 298 Å². The monoisotopic (exact) mass is 710 g/mol. The number of aliphatic hydroxyl groups is 1. The molecule has 4 atom stereocenters. The number of hydrogen-bond donors (Lipinski definition) is 3. The van der Waals surface area contributed by atoms with Crippen molar-refractivity contribution in [3.63, 3.8) is 0 Å². The highest BCUT2D eigenvalue weighted by Crippen LogP contribution is 2.69. The number of rotatable bonds is 2. The number of aromatic nitrogens is 1. The number of phenols is 1. The summed E-state index contributed by atoms with van der Waals surface area (Å²) in [5.41, 5.74) is 4.84. The van der Waals surface area contributed by atoms with E-state index in [0.29, 0.717) is 74.8 Å². The largest absolute Gasteiger partial charge is 0.504 e. The van der Waals surface area contributed by atoms with Crippen LogP contribution in [-0.2, 0) is 40.1 Å². The number of likely N-dealkylation sites (tertiary alicyclic amines) is 1. The van der Waals surface area contributed by atoms with Gasteiger partial charge in [-0.1, -0.05) is 6.07 Å². The van der Waals surface area contributed by atoms with Crippen molar-refractivity contribution < 1.29 is 38.0 Å². The quantitative estimate of drug-likeness (QED) is 0.250. The van der Waals surface area contributed by atoms with Crippen LogP contribution in [0.3, 0.4) is 0 Å². The number of nitrogens with zero attached hydrogens (tertiary/aromatic N) is 3. The van der Waals surface area contributed by atoms with Crippen molar-refractivity contribution in [3.05, 3.63) is 87.6 Å². The molecule has 0 radical (unpaired) electrons. The number of aryl methyl sites for hydroxylation is 1. The fourth-order valence-electron chi connectivity index (χ4n) is 11.1. The molecule has 10 nitrogen and oxygen atoms in total. The second-order valence-electron chi connectivity index (χ2n) is 16.0. The summed E-state index contributed by atoms with van der Waals surface area (Å²) < 4.78 is 48.2. The number of halogens is 2. The number of anilines is 1. The van der Waals surface area contributed by atoms with Crippen LogP contribution in [0.5, 0.6) is 11.5 Å². The number of aromatic hydroxyl groups is 1. The van der Waals surface area contributed by atoms with Gasteiger partial charge in [-0.3, -0.25) is 9.69 Å². The smallest absolute Gasteiger partial charge is 0.198 e. The number of hydrazine groups is 1. The van der Waals surface area contributed by atoms with E-state index in [1.807, 2.05) is 6.07 Å². The summed E-state index contributed by atoms with van der Waals surface area (Å²) in [6, 6.07) is 11.0. The first kappa shape index (κ1) is 31.5. The van der Waals surface area contributed by atoms with Crippen LogP contribution in [0.4, 0.5) is 14.5 Å². The lowest BCUT2D eigenvalue weighted by Gasteiger charge is -2.63. The first-order chi connectivity index (χ1) is 25.1. The SMILES string of the molecule is NN1CCC2(OCCO2)c2cc(F)ccc21.O=C1CCn2c3c(c4cc(F)cc1c42)C[C@@]1(O)[C@H]2Cc4ccc(O)c5c4[C@@]1(CCN2CC1CC1)[C@H]3O5. The summed E-state index contributed by atoms with van der Waals surface area (Å²) >= 11 is 0. The van der Waals surface area contributed by atoms with Gasteiger partial charge >= 0.3 is 0 Å². The van der Waals surface area contributed by atoms with Crippen LogP contribution in [0, 0.1) is 17.6 Å². The van der Waals surface area contributed by atoms with Gasteiger partial charge in [0.1, 0.15) is 11.6 Å². The molecule has 4 aromatic rings. The highest BCUT2D eigenvalue weighted by Gasteiger charge is 2.73. The normalized spacial score (nSPS) is 30.1. The van der Waals surface area contributed by atoms with Gasteiger partial charge < -0.3 is 34.0 Å². The number of Topliss-reactive ketones (excluding diaryl/α,β-unsaturated/α-hetero) is 1. The van der Waals surface area contributed by atoms with E-state index in [2.05, 4.69) is 9.47 Å². The number of piperidine rings is 1. The van der Waals surface area contributed by atoms with E-state index in [-0.39, 0.29) is 23.4 Å². The molecule has 0 amide bonds. The Kier molecular flexibility index (Phi) is 6.37. The van der Waals surface area contributed by atoms with Crippen molar-refractivity contribution in [2.45, 2.75) is 80.4 Å². The van der Waals surface area contributed by atoms with E-state index >= 15 is 0 Å². The lowest BCUT2D eigenvalue weighted by molar-refractivity contribution is -0.173. The highest BCUT2D eigenvalue weighted by molar-refractivity contribution is 6.09. The Morgan fingerprint density at radius 3 is 2.62 bits per heavy atom. The second kappa shape index (κ2) is 10.5. The van der Waals surface area contributed by atoms with Gasteiger partial charge in [0.05, 0.1) is 41.1 Å². The molecule has 3 fully saturated rings. The molecule has 1 aromatic heterocycles. The zero-order valence-electron chi connectivity index (χ0n) is 28.7. The number of hydrogen-bond acceptors (Lipinski definition) is 9. The topological polar surface area (TPSA) is 123 Å². The van der Waals surface area contributed by atoms with Gasteiger partial charge in [-0.05, 0) is 85.7 Å². The molecule has 2 bridgehead atoms. The van der Waals surface area contributed by atoms with Crippen LogP contribution in [0.2, 0.25) is 0 Å². The third-order valence-electron chi connectivity index (χ3n) is 13.5. The molecule has 0 unspecified atom stereocenters. The molecule has 52 heavy (non-hydrogen) atoms. The molecule has 5 aliphatic heterocycles. The standard InChI is InChI=1S/C29H27FN2O4.C11H13FN2O2/c30-16-10-17-19-12-29(35)22-9-15-3-4-21(34)26-23(15)28(29,6-8-31(22)13-14-1-2-14)27(36-26)25(19)32-7-5-20(33)18(11-16)24(17)32;12-8-1-2-10-9(7-8)11(3-4-14(10)13)15-5-6-16-11/h3-4,10-11,14,22,27,34-35H,1-2,5-9,12-13H2;1-2,7H,3-6,13H2/t22-,27+,28+,29-;/m1./s1. The van der Waals surface area contributed by atoms with Gasteiger partial charge in [0.15, 0.2) is 29.2 Å². The first-order valence-electron chi connectivity index (χ1n) is 18.6. The molecule has 12 heteroatoms. The van der Waals surface area contributed by atoms with Crippen molar-refractivity contribution in [1.29, 1.82) is 0 Å². The molecule has 1 saturated carbocycles. The molecule has 4 N–H and O–H groups in total. The predicted octanol–water partition coefficient (Wildman–Crippen LogP) is 4.88. The minimum absolute atomic E-state index is 0.0407. The van der Waals surface area contributed by atoms with E-state index in [9.17, 15) is 23.8 Å². The van der Waals surface area contributed by atoms with Crippen LogP contribution < -0.4 is 15.6 Å². The summed E-state index contributed by atoms with van der Waals surface area (Å²) in [5.74, 6) is 5.61. The van der Waals surface area contributed by atoms with Gasteiger partial charge in [-0.15, -0.1) is 0 Å². The summed E-state index contributed by atoms with van der Waals surface area (Å²) in [6.07, 6.45) is 4.79. The van der Waals surface area contributed by atoms with Crippen LogP contribution in [0.1, 0.15) is 76.5 Å². The number of carbonyl (C=O) groups excluding carboxylic acids is 1. The predicted molar refractivity (Wildman–Crippen MR) is 185 cm³/mol. The molecule has 12 rings (SSSR count). The van der Waals surface area contributed by atoms with Gasteiger partial charge in [-0.2, -0.15) is 0 Å². The van der Waals surface area contributed by atoms with E-state index in [1.54, 1.807) is 17.1 Å². The number of ether oxygens (including phenoxy) is 3. The maximum atomic E-state index is 14.8. The Morgan fingerprint density at radius 2 is 1.81 bits per heavy atom. The maximum absolute atomic E-state index is 14.8. The molecule has 2 spiro atoms. The minimum Gasteiger partial charge on any atom is -0.504 e. The van der Waals surface area contributed by atoms with Crippen molar-refractivity contribution in [2.24, 2.45) is 11.8 Å². The summed E-state index contributed by atoms with van der Waals surface area (Å²) in [7, 11) is 0. The Bertz CT molecular complexity index is 2230. The number of nitrogens with two attached hydrogens (primary N) is 1. The van der Waals surface area contributed by atoms with E-state index < -0.39 is 28.7 Å². The minimum atomic E-state index is -1.12. The number of fused-ring (bicyclic) bond motifs is 6. The van der Waals surface area contributed by atoms with Gasteiger partial charge in [0.25, 0.3) is 0 Å². The maximum Gasteiger partial charge on any atom is 0.198 e. The number of phenolic OH excluding ortho intramolecular Hbond substituents is 1. The molecule has 3 aliphatic carbocycles. The first-order valence-corrected chi connectivity index (χ1v) is 18.6. The molecule has 270 valence electrons. The van der Waals surface area contributed by atoms with Crippen LogP contribution in [0.15, 0.2) is 42.5 Å². The van der Waals surface area contributed by atoms with E-state index in [0.717, 1.165) is 58.5 Å². The molecule has 2 saturated heterocycles. The second-order valence-corrected chi connectivity index (χ2v) is 16.0. The number of ketones is 1. The van der Waals surface area contributed by atoms with Crippen molar-refractivity contribution in [3.8, 4) is 11.5 Å². The number of benzene rings is 3. The number of carbonyl (C=O) groups is 1. The zero-order chi connectivity index (χ0) is 35.3. The third-order valence-corrected chi connectivity index (χ3v) is 13.5. The van der Waals surface area contributed by atoms with Crippen molar-refractivity contribution in [1.82, 2.24) is 9.47 Å². The van der Waals surface area contributed by atoms with E-state index in [1.165, 1.54) is 37.1 Å². The van der Waals surface area contributed by atoms with Crippen LogP contribution in [0.25, 0.3) is 10.9 Å². The molecular weight excluding hydrogens is 670 g/mol. The summed E-state index contributed by atoms with van der Waals surface area (Å²) in [4.78, 5) is 15.3. The van der Waals surface area contributed by atoms with Crippen molar-refractivity contribution in [2.75, 3.05) is 37.9 Å². The molecule has 8 aliphatic rings. The van der Waals surface area contributed by atoms with Gasteiger partial charge in [-0.25, -0.2) is 14.6 Å². The van der Waals surface area contributed by atoms with Crippen LogP contribution in [-0.4, -0.2) is 70.0 Å². The van der Waals surface area contributed by atoms with Crippen LogP contribution >= 0.6 is 0 Å². The molecule has 6 heterocycles. The fraction of sp³-hybridized carbons (Fsp3) is 0.475. The van der Waals surface area contributed by atoms with Gasteiger partial charge in [0.2, 0.25) is 0 Å².